The maximum atomic E-state index is 11.7. The van der Waals surface area contributed by atoms with Crippen LogP contribution in [0.2, 0.25) is 0 Å². The van der Waals surface area contributed by atoms with E-state index in [1.54, 1.807) is 0 Å². The van der Waals surface area contributed by atoms with Gasteiger partial charge >= 0.3 is 29.9 Å². The van der Waals surface area contributed by atoms with Crippen molar-refractivity contribution in [2.45, 2.75) is 25.3 Å². The lowest BCUT2D eigenvalue weighted by Crippen LogP contribution is -2.45. The summed E-state index contributed by atoms with van der Waals surface area (Å²) in [6.45, 7) is 10.5. The fraction of sp³-hybridized carbons (Fsp3) is 0.308. The summed E-state index contributed by atoms with van der Waals surface area (Å²) in [6.07, 6.45) is 1.06. The van der Waals surface area contributed by atoms with E-state index in [0.29, 0.717) is 12.2 Å². The van der Waals surface area contributed by atoms with Gasteiger partial charge in [-0.1, -0.05) is 26.7 Å². The molecule has 9 heteroatoms. The summed E-state index contributed by atoms with van der Waals surface area (Å²) >= 11 is 0. The fourth-order valence-electron chi connectivity index (χ4n) is 1.01. The van der Waals surface area contributed by atoms with Gasteiger partial charge in [-0.25, -0.2) is 14.4 Å². The van der Waals surface area contributed by atoms with Crippen molar-refractivity contribution in [2.24, 2.45) is 0 Å². The highest BCUT2D eigenvalue weighted by molar-refractivity contribution is 5.90. The lowest BCUT2D eigenvalue weighted by molar-refractivity contribution is -0.330. The lowest BCUT2D eigenvalue weighted by atomic mass is 10.2. The Balaban J connectivity index is 5.46. The number of carbonyl (C=O) groups excluding carboxylic acids is 3. The molecule has 0 saturated carbocycles. The van der Waals surface area contributed by atoms with Crippen molar-refractivity contribution in [1.82, 2.24) is 0 Å². The minimum Gasteiger partial charge on any atom is -0.385 e. The van der Waals surface area contributed by atoms with Crippen LogP contribution in [0.4, 0.5) is 0 Å². The van der Waals surface area contributed by atoms with E-state index in [2.05, 4.69) is 33.9 Å². The first kappa shape index (κ1) is 19.5. The van der Waals surface area contributed by atoms with E-state index in [9.17, 15) is 14.4 Å². The summed E-state index contributed by atoms with van der Waals surface area (Å²) in [6, 6.07) is 0. The number of hydrogen-bond donors (Lipinski definition) is 3. The molecule has 0 aromatic rings. The Morgan fingerprint density at radius 2 is 1.41 bits per heavy atom. The van der Waals surface area contributed by atoms with Crippen LogP contribution in [0, 0.1) is 0 Å². The molecule has 0 bridgehead atoms. The van der Waals surface area contributed by atoms with Gasteiger partial charge in [-0.3, -0.25) is 0 Å². The zero-order chi connectivity index (χ0) is 17.6. The van der Waals surface area contributed by atoms with Crippen LogP contribution in [0.15, 0.2) is 37.5 Å². The maximum Gasteiger partial charge on any atom is 0.423 e. The van der Waals surface area contributed by atoms with Crippen LogP contribution in [-0.2, 0) is 28.6 Å². The largest absolute Gasteiger partial charge is 0.423 e. The van der Waals surface area contributed by atoms with E-state index < -0.39 is 35.4 Å². The van der Waals surface area contributed by atoms with Gasteiger partial charge in [0, 0.05) is 12.2 Å². The van der Waals surface area contributed by atoms with Crippen LogP contribution in [0.25, 0.3) is 0 Å². The molecule has 9 nitrogen and oxygen atoms in total. The molecule has 0 radical (unpaired) electrons. The van der Waals surface area contributed by atoms with Crippen molar-refractivity contribution in [3.63, 3.8) is 0 Å². The summed E-state index contributed by atoms with van der Waals surface area (Å²) in [5, 5.41) is 26.5. The Morgan fingerprint density at radius 1 is 1.00 bits per heavy atom. The van der Waals surface area contributed by atoms with Crippen LogP contribution in [-0.4, -0.2) is 45.2 Å². The third-order valence-electron chi connectivity index (χ3n) is 2.18. The topological polar surface area (TPSA) is 140 Å². The summed E-state index contributed by atoms with van der Waals surface area (Å²) < 4.78 is 14.0. The highest BCUT2D eigenvalue weighted by Gasteiger charge is 2.44. The zero-order valence-corrected chi connectivity index (χ0v) is 11.8. The van der Waals surface area contributed by atoms with Crippen molar-refractivity contribution in [1.29, 1.82) is 0 Å². The molecule has 0 rings (SSSR count). The second-order valence-corrected chi connectivity index (χ2v) is 3.79. The van der Waals surface area contributed by atoms with Crippen LogP contribution in [0.5, 0.6) is 0 Å². The van der Waals surface area contributed by atoms with E-state index in [1.165, 1.54) is 6.92 Å². The predicted octanol–water partition coefficient (Wildman–Crippen LogP) is -0.761. The minimum absolute atomic E-state index is 0.361. The van der Waals surface area contributed by atoms with Gasteiger partial charge in [-0.15, -0.1) is 0 Å². The Kier molecular flexibility index (Phi) is 6.65. The molecule has 22 heavy (non-hydrogen) atoms. The van der Waals surface area contributed by atoms with E-state index in [0.717, 1.165) is 0 Å². The Morgan fingerprint density at radius 3 is 1.68 bits per heavy atom. The first-order valence-electron chi connectivity index (χ1n) is 5.82. The zero-order valence-electron chi connectivity index (χ0n) is 11.8. The van der Waals surface area contributed by atoms with Crippen LogP contribution < -0.4 is 0 Å². The van der Waals surface area contributed by atoms with Gasteiger partial charge in [0.05, 0.1) is 6.42 Å². The highest BCUT2D eigenvalue weighted by Crippen LogP contribution is 2.24. The second kappa shape index (κ2) is 7.50. The normalized spacial score (nSPS) is 11.1. The Hall–Kier alpha value is -2.49. The number of aliphatic hydroxyl groups is 3. The van der Waals surface area contributed by atoms with Gasteiger partial charge in [0.25, 0.3) is 0 Å². The summed E-state index contributed by atoms with van der Waals surface area (Å²) in [5.74, 6) is -9.88. The SMILES string of the molecule is C=CC(=O)OC(CC)(OC(=O)C=C)OC(=O)C(=C)C(O)(O)O. The Labute approximate surface area is 125 Å². The van der Waals surface area contributed by atoms with Crippen molar-refractivity contribution in [3.8, 4) is 0 Å². The average molecular weight is 316 g/mol. The first-order valence-corrected chi connectivity index (χ1v) is 5.82. The van der Waals surface area contributed by atoms with Gasteiger partial charge in [0.2, 0.25) is 0 Å². The molecule has 122 valence electrons. The molecule has 0 amide bonds. The summed E-state index contributed by atoms with van der Waals surface area (Å²) in [5.41, 5.74) is -1.20. The first-order chi connectivity index (χ1) is 10.0. The van der Waals surface area contributed by atoms with Gasteiger partial charge in [-0.05, 0) is 0 Å². The molecule has 0 saturated heterocycles. The molecular weight excluding hydrogens is 300 g/mol. The third kappa shape index (κ3) is 5.48. The predicted molar refractivity (Wildman–Crippen MR) is 70.2 cm³/mol. The van der Waals surface area contributed by atoms with Crippen LogP contribution >= 0.6 is 0 Å². The van der Waals surface area contributed by atoms with Gasteiger partial charge < -0.3 is 29.5 Å². The molecule has 0 aliphatic carbocycles. The molecule has 0 aromatic heterocycles. The van der Waals surface area contributed by atoms with Crippen molar-refractivity contribution < 1.29 is 43.9 Å². The number of rotatable bonds is 8. The van der Waals surface area contributed by atoms with E-state index in [1.807, 2.05) is 0 Å². The second-order valence-electron chi connectivity index (χ2n) is 3.79. The van der Waals surface area contributed by atoms with Crippen LogP contribution in [0.3, 0.4) is 0 Å². The molecule has 0 aromatic carbocycles. The van der Waals surface area contributed by atoms with Gasteiger partial charge in [0.15, 0.2) is 0 Å². The number of esters is 3. The number of carbonyl (C=O) groups is 3. The monoisotopic (exact) mass is 316 g/mol. The number of hydrogen-bond acceptors (Lipinski definition) is 9. The average Bonchev–Trinajstić information content (AvgIpc) is 2.44. The summed E-state index contributed by atoms with van der Waals surface area (Å²) in [4.78, 5) is 34.2. The standard InChI is InChI=1S/C13H16O9/c1-5-9(14)20-12(7-3,21-10(15)6-2)22-11(16)8(4)13(17,18)19/h5-6,17-19H,1-2,4,7H2,3H3. The summed E-state index contributed by atoms with van der Waals surface area (Å²) in [7, 11) is 0. The van der Waals surface area contributed by atoms with E-state index in [-0.39, 0.29) is 6.42 Å². The maximum absolute atomic E-state index is 11.7. The highest BCUT2D eigenvalue weighted by atomic mass is 16.9. The Bertz CT molecular complexity index is 476. The molecule has 0 spiro atoms. The molecule has 0 aliphatic heterocycles. The van der Waals surface area contributed by atoms with Gasteiger partial charge in [0.1, 0.15) is 5.57 Å². The van der Waals surface area contributed by atoms with Crippen molar-refractivity contribution >= 4 is 17.9 Å². The van der Waals surface area contributed by atoms with Gasteiger partial charge in [-0.2, -0.15) is 0 Å². The lowest BCUT2D eigenvalue weighted by Gasteiger charge is -2.30. The fourth-order valence-corrected chi connectivity index (χ4v) is 1.01. The molecule has 3 N–H and O–H groups in total. The van der Waals surface area contributed by atoms with E-state index in [4.69, 9.17) is 15.3 Å². The minimum atomic E-state index is -3.57. The van der Waals surface area contributed by atoms with Crippen molar-refractivity contribution in [2.75, 3.05) is 0 Å². The molecule has 0 atom stereocenters. The molecule has 0 unspecified atom stereocenters. The van der Waals surface area contributed by atoms with Crippen LogP contribution in [0.1, 0.15) is 13.3 Å². The molecule has 0 aliphatic rings. The third-order valence-corrected chi connectivity index (χ3v) is 2.18. The van der Waals surface area contributed by atoms with E-state index >= 15 is 0 Å². The molecule has 0 fully saturated rings. The van der Waals surface area contributed by atoms with Crippen molar-refractivity contribution in [3.05, 3.63) is 37.5 Å². The molecular formula is C13H16O9. The smallest absolute Gasteiger partial charge is 0.385 e. The quantitative estimate of drug-likeness (QED) is 0.299. The molecule has 0 heterocycles. The number of ether oxygens (including phenoxy) is 3.